The minimum Gasteiger partial charge on any atom is -0.340 e. The molecule has 6 heteroatoms. The molecule has 1 aromatic heterocycles. The van der Waals surface area contributed by atoms with E-state index in [4.69, 9.17) is 0 Å². The molecule has 0 aliphatic rings. The number of aromatic nitrogens is 1. The Morgan fingerprint density at radius 3 is 2.31 bits per heavy atom. The van der Waals surface area contributed by atoms with Crippen molar-refractivity contribution in [2.45, 2.75) is 30.7 Å². The van der Waals surface area contributed by atoms with Crippen LogP contribution in [0.1, 0.15) is 16.7 Å². The van der Waals surface area contributed by atoms with Crippen molar-refractivity contribution >= 4 is 26.6 Å². The number of carbonyl (C=O) groups excluding carboxylic acids is 1. The average Bonchev–Trinajstić information content (AvgIpc) is 3.15. The van der Waals surface area contributed by atoms with Crippen LogP contribution in [0.5, 0.6) is 0 Å². The van der Waals surface area contributed by atoms with Gasteiger partial charge in [0.1, 0.15) is 6.54 Å². The van der Waals surface area contributed by atoms with Crippen LogP contribution >= 0.6 is 0 Å². The molecule has 0 atom stereocenters. The second kappa shape index (κ2) is 9.01. The summed E-state index contributed by atoms with van der Waals surface area (Å²) in [5, 5.41) is 0.639. The quantitative estimate of drug-likeness (QED) is 0.417. The van der Waals surface area contributed by atoms with E-state index in [1.807, 2.05) is 79.7 Å². The summed E-state index contributed by atoms with van der Waals surface area (Å²) < 4.78 is 28.4. The topological polar surface area (TPSA) is 59.4 Å². The van der Waals surface area contributed by atoms with Gasteiger partial charge in [0.25, 0.3) is 0 Å². The number of benzene rings is 3. The molecule has 4 rings (SSSR count). The lowest BCUT2D eigenvalue weighted by Crippen LogP contribution is -2.29. The van der Waals surface area contributed by atoms with E-state index in [1.165, 1.54) is 0 Å². The normalized spacial score (nSPS) is 11.6. The minimum absolute atomic E-state index is 0.0731. The Hall–Kier alpha value is -3.38. The molecule has 0 fully saturated rings. The molecule has 1 heterocycles. The van der Waals surface area contributed by atoms with Gasteiger partial charge >= 0.3 is 0 Å². The predicted octanol–water partition coefficient (Wildman–Crippen LogP) is 4.58. The summed E-state index contributed by atoms with van der Waals surface area (Å²) in [5.41, 5.74) is 3.50. The fraction of sp³-hybridized carbons (Fsp3) is 0.192. The van der Waals surface area contributed by atoms with Gasteiger partial charge in [-0.05, 0) is 29.7 Å². The van der Waals surface area contributed by atoms with Gasteiger partial charge in [-0.3, -0.25) is 4.79 Å². The first-order valence-corrected chi connectivity index (χ1v) is 12.1. The van der Waals surface area contributed by atoms with Gasteiger partial charge in [-0.15, -0.1) is 0 Å². The molecule has 0 aliphatic carbocycles. The van der Waals surface area contributed by atoms with Crippen LogP contribution in [-0.2, 0) is 33.5 Å². The molecule has 0 bridgehead atoms. The van der Waals surface area contributed by atoms with E-state index in [1.54, 1.807) is 28.8 Å². The van der Waals surface area contributed by atoms with Gasteiger partial charge in [0.2, 0.25) is 5.91 Å². The monoisotopic (exact) mass is 446 g/mol. The molecule has 164 valence electrons. The zero-order valence-electron chi connectivity index (χ0n) is 18.2. The highest BCUT2D eigenvalue weighted by Crippen LogP contribution is 2.28. The molecule has 3 aromatic carbocycles. The third-order valence-electron chi connectivity index (χ3n) is 5.69. The molecular weight excluding hydrogens is 420 g/mol. The second-order valence-electron chi connectivity index (χ2n) is 8.06. The maximum atomic E-state index is 13.3. The van der Waals surface area contributed by atoms with Gasteiger partial charge in [0, 0.05) is 30.7 Å². The van der Waals surface area contributed by atoms with Crippen molar-refractivity contribution in [2.75, 3.05) is 7.05 Å². The van der Waals surface area contributed by atoms with Crippen molar-refractivity contribution in [1.82, 2.24) is 9.47 Å². The molecular formula is C26H26N2O3S. The smallest absolute Gasteiger partial charge is 0.242 e. The number of hydrogen-bond donors (Lipinski definition) is 0. The highest BCUT2D eigenvalue weighted by atomic mass is 32.2. The molecule has 0 saturated heterocycles. The highest BCUT2D eigenvalue weighted by Gasteiger charge is 2.23. The first-order valence-electron chi connectivity index (χ1n) is 10.5. The number of nitrogens with zero attached hydrogens (tertiary/aromatic N) is 2. The van der Waals surface area contributed by atoms with Crippen molar-refractivity contribution in [3.8, 4) is 0 Å². The standard InChI is InChI=1S/C26H26N2O3S/c1-20-10-6-7-13-22(20)19-32(30,31)25-17-28(24-15-9-8-14-23(24)25)18-26(29)27(2)16-21-11-4-3-5-12-21/h3-15,17H,16,18-19H2,1-2H3. The first-order chi connectivity index (χ1) is 15.3. The SMILES string of the molecule is Cc1ccccc1CS(=O)(=O)c1cn(CC(=O)N(C)Cc2ccccc2)c2ccccc12. The van der Waals surface area contributed by atoms with Crippen LogP contribution in [0.25, 0.3) is 10.9 Å². The number of amides is 1. The summed E-state index contributed by atoms with van der Waals surface area (Å²) in [7, 11) is -1.83. The van der Waals surface area contributed by atoms with Gasteiger partial charge in [-0.25, -0.2) is 8.42 Å². The summed E-state index contributed by atoms with van der Waals surface area (Å²) in [6, 6.07) is 24.6. The van der Waals surface area contributed by atoms with Crippen LogP contribution in [0.3, 0.4) is 0 Å². The lowest BCUT2D eigenvalue weighted by atomic mass is 10.1. The number of aryl methyl sites for hydroxylation is 1. The van der Waals surface area contributed by atoms with Crippen LogP contribution in [-0.4, -0.2) is 30.8 Å². The molecule has 0 radical (unpaired) electrons. The molecule has 4 aromatic rings. The summed E-state index contributed by atoms with van der Waals surface area (Å²) in [5.74, 6) is -0.160. The van der Waals surface area contributed by atoms with E-state index in [9.17, 15) is 13.2 Å². The van der Waals surface area contributed by atoms with Gasteiger partial charge in [0.05, 0.1) is 10.6 Å². The fourth-order valence-corrected chi connectivity index (χ4v) is 5.54. The van der Waals surface area contributed by atoms with Crippen LogP contribution in [0.4, 0.5) is 0 Å². The van der Waals surface area contributed by atoms with Crippen LogP contribution < -0.4 is 0 Å². The van der Waals surface area contributed by atoms with E-state index in [2.05, 4.69) is 0 Å². The molecule has 0 spiro atoms. The Morgan fingerprint density at radius 1 is 0.906 bits per heavy atom. The summed E-state index contributed by atoms with van der Waals surface area (Å²) in [6.07, 6.45) is 1.60. The van der Waals surface area contributed by atoms with Crippen molar-refractivity contribution in [3.63, 3.8) is 0 Å². The molecule has 32 heavy (non-hydrogen) atoms. The Balaban J connectivity index is 1.63. The number of likely N-dealkylation sites (N-methyl/N-ethyl adjacent to an activating group) is 1. The Kier molecular flexibility index (Phi) is 6.15. The maximum Gasteiger partial charge on any atom is 0.242 e. The third kappa shape index (κ3) is 4.60. The predicted molar refractivity (Wildman–Crippen MR) is 127 cm³/mol. The van der Waals surface area contributed by atoms with Gasteiger partial charge in [-0.1, -0.05) is 72.8 Å². The van der Waals surface area contributed by atoms with Crippen LogP contribution in [0, 0.1) is 6.92 Å². The van der Waals surface area contributed by atoms with Crippen molar-refractivity contribution in [3.05, 3.63) is 102 Å². The zero-order chi connectivity index (χ0) is 22.7. The number of fused-ring (bicyclic) bond motifs is 1. The van der Waals surface area contributed by atoms with Crippen molar-refractivity contribution in [2.24, 2.45) is 0 Å². The number of sulfone groups is 1. The fourth-order valence-electron chi connectivity index (χ4n) is 3.86. The zero-order valence-corrected chi connectivity index (χ0v) is 19.0. The van der Waals surface area contributed by atoms with Crippen LogP contribution in [0.2, 0.25) is 0 Å². The van der Waals surface area contributed by atoms with E-state index >= 15 is 0 Å². The van der Waals surface area contributed by atoms with Gasteiger partial charge < -0.3 is 9.47 Å². The van der Waals surface area contributed by atoms with Crippen molar-refractivity contribution < 1.29 is 13.2 Å². The first kappa shape index (κ1) is 21.8. The second-order valence-corrected chi connectivity index (χ2v) is 10.0. The minimum atomic E-state index is -3.59. The number of rotatable bonds is 7. The molecule has 0 aliphatic heterocycles. The average molecular weight is 447 g/mol. The van der Waals surface area contributed by atoms with Crippen LogP contribution in [0.15, 0.2) is 90.0 Å². The summed E-state index contributed by atoms with van der Waals surface area (Å²) >= 11 is 0. The molecule has 0 N–H and O–H groups in total. The maximum absolute atomic E-state index is 13.3. The molecule has 5 nitrogen and oxygen atoms in total. The number of hydrogen-bond acceptors (Lipinski definition) is 3. The largest absolute Gasteiger partial charge is 0.340 e. The Bertz CT molecular complexity index is 1360. The molecule has 1 amide bonds. The summed E-state index contributed by atoms with van der Waals surface area (Å²) in [6.45, 7) is 2.48. The van der Waals surface area contributed by atoms with E-state index < -0.39 is 9.84 Å². The van der Waals surface area contributed by atoms with E-state index in [-0.39, 0.29) is 23.1 Å². The summed E-state index contributed by atoms with van der Waals surface area (Å²) in [4.78, 5) is 14.8. The van der Waals surface area contributed by atoms with Gasteiger partial charge in [0.15, 0.2) is 9.84 Å². The molecule has 0 unspecified atom stereocenters. The Morgan fingerprint density at radius 2 is 1.56 bits per heavy atom. The number of carbonyl (C=O) groups is 1. The third-order valence-corrected chi connectivity index (χ3v) is 7.37. The number of para-hydroxylation sites is 1. The Labute approximate surface area is 188 Å². The van der Waals surface area contributed by atoms with E-state index in [0.29, 0.717) is 11.9 Å². The van der Waals surface area contributed by atoms with Gasteiger partial charge in [-0.2, -0.15) is 0 Å². The van der Waals surface area contributed by atoms with E-state index in [0.717, 1.165) is 22.2 Å². The lowest BCUT2D eigenvalue weighted by Gasteiger charge is -2.18. The van der Waals surface area contributed by atoms with Crippen molar-refractivity contribution in [1.29, 1.82) is 0 Å². The highest BCUT2D eigenvalue weighted by molar-refractivity contribution is 7.90. The lowest BCUT2D eigenvalue weighted by molar-refractivity contribution is -0.131. The molecule has 0 saturated carbocycles.